The number of nitrogens with two attached hydrogens (primary N) is 1. The molecular weight excluding hydrogens is 390 g/mol. The van der Waals surface area contributed by atoms with E-state index in [-0.39, 0.29) is 23.0 Å². The Hall–Kier alpha value is -2.85. The van der Waals surface area contributed by atoms with Gasteiger partial charge in [0.05, 0.1) is 22.8 Å². The van der Waals surface area contributed by atoms with Gasteiger partial charge >= 0.3 is 0 Å². The van der Waals surface area contributed by atoms with Crippen molar-refractivity contribution in [2.75, 3.05) is 11.1 Å². The van der Waals surface area contributed by atoms with E-state index >= 15 is 0 Å². The van der Waals surface area contributed by atoms with E-state index in [4.69, 9.17) is 17.3 Å². The van der Waals surface area contributed by atoms with Gasteiger partial charge in [0.15, 0.2) is 10.9 Å². The summed E-state index contributed by atoms with van der Waals surface area (Å²) in [7, 11) is 0. The number of hydrogen-bond acceptors (Lipinski definition) is 6. The van der Waals surface area contributed by atoms with Crippen LogP contribution in [0.25, 0.3) is 5.69 Å². The lowest BCUT2D eigenvalue weighted by atomic mass is 10.2. The Balaban J connectivity index is 1.70. The van der Waals surface area contributed by atoms with Crippen molar-refractivity contribution in [1.82, 2.24) is 25.0 Å². The number of thioether (sulfide) groups is 1. The van der Waals surface area contributed by atoms with Gasteiger partial charge in [0, 0.05) is 5.02 Å². The second-order valence-electron chi connectivity index (χ2n) is 5.69. The molecule has 27 heavy (non-hydrogen) atoms. The van der Waals surface area contributed by atoms with E-state index in [0.717, 1.165) is 11.3 Å². The first kappa shape index (κ1) is 18.9. The monoisotopic (exact) mass is 405 g/mol. The number of aromatic nitrogens is 5. The average Bonchev–Trinajstić information content (AvgIpc) is 3.23. The molecule has 2 aromatic heterocycles. The smallest absolute Gasteiger partial charge is 0.271 e. The number of rotatable bonds is 6. The van der Waals surface area contributed by atoms with Crippen molar-refractivity contribution in [3.8, 4) is 5.69 Å². The number of anilines is 1. The third-order valence-electron chi connectivity index (χ3n) is 3.73. The van der Waals surface area contributed by atoms with Gasteiger partial charge in [-0.15, -0.1) is 10.2 Å². The Labute approximate surface area is 163 Å². The van der Waals surface area contributed by atoms with Crippen LogP contribution in [0.1, 0.15) is 21.7 Å². The quantitative estimate of drug-likeness (QED) is 0.538. The summed E-state index contributed by atoms with van der Waals surface area (Å²) >= 11 is 7.37. The molecule has 140 valence electrons. The lowest BCUT2D eigenvalue weighted by Gasteiger charge is -2.08. The standard InChI is InChI=1S/C16H16ClN7O2S/c1-8-3-4-10(5-11(8)17)24-7-19-23-16(24)27-6-12(25)20-13-9(2)21-22-14(13)15(18)26/h3-5,7H,6H2,1-2H3,(H2,18,26)(H,20,25)(H,21,22). The molecule has 3 aromatic rings. The van der Waals surface area contributed by atoms with Crippen molar-refractivity contribution >= 4 is 40.9 Å². The normalized spacial score (nSPS) is 10.8. The van der Waals surface area contributed by atoms with E-state index in [2.05, 4.69) is 25.7 Å². The van der Waals surface area contributed by atoms with Crippen LogP contribution in [0.15, 0.2) is 29.7 Å². The second-order valence-corrected chi connectivity index (χ2v) is 7.04. The van der Waals surface area contributed by atoms with E-state index in [1.54, 1.807) is 23.9 Å². The summed E-state index contributed by atoms with van der Waals surface area (Å²) in [5, 5.41) is 18.2. The summed E-state index contributed by atoms with van der Waals surface area (Å²) in [5.74, 6) is -0.997. The highest BCUT2D eigenvalue weighted by atomic mass is 35.5. The van der Waals surface area contributed by atoms with Gasteiger partial charge in [-0.3, -0.25) is 19.3 Å². The minimum Gasteiger partial charge on any atom is -0.364 e. The van der Waals surface area contributed by atoms with Crippen LogP contribution in [0.4, 0.5) is 5.69 Å². The molecule has 0 radical (unpaired) electrons. The fraction of sp³-hybridized carbons (Fsp3) is 0.188. The number of nitrogens with one attached hydrogen (secondary N) is 2. The highest BCUT2D eigenvalue weighted by molar-refractivity contribution is 7.99. The van der Waals surface area contributed by atoms with Crippen LogP contribution in [-0.4, -0.2) is 42.5 Å². The molecule has 0 saturated carbocycles. The van der Waals surface area contributed by atoms with Crippen LogP contribution < -0.4 is 11.1 Å². The Bertz CT molecular complexity index is 1010. The summed E-state index contributed by atoms with van der Waals surface area (Å²) in [4.78, 5) is 23.6. The zero-order valence-electron chi connectivity index (χ0n) is 14.5. The van der Waals surface area contributed by atoms with Gasteiger partial charge in [-0.2, -0.15) is 5.10 Å². The SMILES string of the molecule is Cc1ccc(-n2cnnc2SCC(=O)Nc2c(C(N)=O)n[nH]c2C)cc1Cl. The van der Waals surface area contributed by atoms with Crippen molar-refractivity contribution in [3.63, 3.8) is 0 Å². The molecule has 9 nitrogen and oxygen atoms in total. The lowest BCUT2D eigenvalue weighted by Crippen LogP contribution is -2.19. The zero-order valence-corrected chi connectivity index (χ0v) is 16.1. The molecule has 0 aliphatic carbocycles. The van der Waals surface area contributed by atoms with Crippen LogP contribution in [0.5, 0.6) is 0 Å². The number of carbonyl (C=O) groups is 2. The van der Waals surface area contributed by atoms with E-state index < -0.39 is 5.91 Å². The average molecular weight is 406 g/mol. The minimum atomic E-state index is -0.724. The fourth-order valence-electron chi connectivity index (χ4n) is 2.30. The molecule has 0 bridgehead atoms. The molecule has 0 aliphatic rings. The van der Waals surface area contributed by atoms with Crippen LogP contribution in [0, 0.1) is 13.8 Å². The first-order valence-corrected chi connectivity index (χ1v) is 9.17. The molecule has 0 aliphatic heterocycles. The molecule has 2 amide bonds. The molecule has 4 N–H and O–H groups in total. The molecular formula is C16H16ClN7O2S. The van der Waals surface area contributed by atoms with Crippen molar-refractivity contribution < 1.29 is 9.59 Å². The van der Waals surface area contributed by atoms with Crippen LogP contribution >= 0.6 is 23.4 Å². The molecule has 3 rings (SSSR count). The van der Waals surface area contributed by atoms with Gasteiger partial charge in [-0.05, 0) is 31.5 Å². The highest BCUT2D eigenvalue weighted by Crippen LogP contribution is 2.24. The number of nitrogens with zero attached hydrogens (tertiary/aromatic N) is 4. The summed E-state index contributed by atoms with van der Waals surface area (Å²) in [6.07, 6.45) is 1.55. The fourth-order valence-corrected chi connectivity index (χ4v) is 3.20. The van der Waals surface area contributed by atoms with Gasteiger partial charge in [0.2, 0.25) is 5.91 Å². The highest BCUT2D eigenvalue weighted by Gasteiger charge is 2.18. The molecule has 1 aromatic carbocycles. The van der Waals surface area contributed by atoms with Crippen LogP contribution in [0.2, 0.25) is 5.02 Å². The molecule has 0 unspecified atom stereocenters. The van der Waals surface area contributed by atoms with E-state index in [1.165, 1.54) is 11.8 Å². The van der Waals surface area contributed by atoms with Gasteiger partial charge in [-0.25, -0.2) is 0 Å². The Morgan fingerprint density at radius 2 is 2.15 bits per heavy atom. The maximum absolute atomic E-state index is 12.3. The number of benzene rings is 1. The van der Waals surface area contributed by atoms with E-state index in [9.17, 15) is 9.59 Å². The van der Waals surface area contributed by atoms with Crippen molar-refractivity contribution in [3.05, 3.63) is 46.5 Å². The zero-order chi connectivity index (χ0) is 19.6. The number of carbonyl (C=O) groups excluding carboxylic acids is 2. The van der Waals surface area contributed by atoms with E-state index in [0.29, 0.717) is 15.9 Å². The predicted octanol–water partition coefficient (Wildman–Crippen LogP) is 2.09. The van der Waals surface area contributed by atoms with Crippen molar-refractivity contribution in [2.24, 2.45) is 5.73 Å². The number of H-pyrrole nitrogens is 1. The number of aryl methyl sites for hydroxylation is 2. The lowest BCUT2D eigenvalue weighted by molar-refractivity contribution is -0.113. The second kappa shape index (κ2) is 7.80. The van der Waals surface area contributed by atoms with E-state index in [1.807, 2.05) is 19.1 Å². The van der Waals surface area contributed by atoms with Gasteiger partial charge in [0.1, 0.15) is 6.33 Å². The molecule has 2 heterocycles. The third kappa shape index (κ3) is 4.12. The number of aromatic amines is 1. The van der Waals surface area contributed by atoms with Gasteiger partial charge in [0.25, 0.3) is 5.91 Å². The maximum Gasteiger partial charge on any atom is 0.271 e. The third-order valence-corrected chi connectivity index (χ3v) is 5.08. The first-order valence-electron chi connectivity index (χ1n) is 7.80. The summed E-state index contributed by atoms with van der Waals surface area (Å²) in [6, 6.07) is 5.59. The Morgan fingerprint density at radius 1 is 1.37 bits per heavy atom. The largest absolute Gasteiger partial charge is 0.364 e. The summed E-state index contributed by atoms with van der Waals surface area (Å²) < 4.78 is 1.74. The van der Waals surface area contributed by atoms with Crippen LogP contribution in [0.3, 0.4) is 0 Å². The maximum atomic E-state index is 12.3. The number of amides is 2. The molecule has 0 atom stereocenters. The summed E-state index contributed by atoms with van der Waals surface area (Å²) in [5.41, 5.74) is 7.81. The summed E-state index contributed by atoms with van der Waals surface area (Å²) in [6.45, 7) is 3.59. The number of halogens is 1. The van der Waals surface area contributed by atoms with Gasteiger partial charge in [-0.1, -0.05) is 29.4 Å². The molecule has 0 saturated heterocycles. The molecule has 0 spiro atoms. The number of primary amides is 1. The first-order chi connectivity index (χ1) is 12.9. The predicted molar refractivity (Wildman–Crippen MR) is 102 cm³/mol. The Morgan fingerprint density at radius 3 is 2.85 bits per heavy atom. The topological polar surface area (TPSA) is 132 Å². The molecule has 11 heteroatoms. The van der Waals surface area contributed by atoms with Gasteiger partial charge < -0.3 is 11.1 Å². The number of hydrogen-bond donors (Lipinski definition) is 3. The van der Waals surface area contributed by atoms with Crippen molar-refractivity contribution in [1.29, 1.82) is 0 Å². The van der Waals surface area contributed by atoms with Crippen molar-refractivity contribution in [2.45, 2.75) is 19.0 Å². The van der Waals surface area contributed by atoms with Crippen LogP contribution in [-0.2, 0) is 4.79 Å². The minimum absolute atomic E-state index is 0.0108. The molecule has 0 fully saturated rings. The Kier molecular flexibility index (Phi) is 5.47.